The molecule has 0 saturated carbocycles. The number of hydrogen-bond donors (Lipinski definition) is 1. The molecule has 1 aliphatic rings. The van der Waals surface area contributed by atoms with E-state index in [4.69, 9.17) is 4.74 Å². The number of aryl methyl sites for hydroxylation is 1. The van der Waals surface area contributed by atoms with E-state index in [-0.39, 0.29) is 18.9 Å². The molecule has 8 heteroatoms. The number of ketones is 1. The number of aromatic nitrogens is 1. The Morgan fingerprint density at radius 2 is 2.11 bits per heavy atom. The van der Waals surface area contributed by atoms with Crippen LogP contribution in [0, 0.1) is 5.82 Å². The van der Waals surface area contributed by atoms with Gasteiger partial charge in [0, 0.05) is 20.2 Å². The normalized spacial score (nSPS) is 18.1. The van der Waals surface area contributed by atoms with E-state index >= 15 is 0 Å². The third kappa shape index (κ3) is 2.43. The first-order valence-corrected chi connectivity index (χ1v) is 7.12. The molecule has 0 aliphatic carbocycles. The molecule has 1 aromatic rings. The fourth-order valence-corrected chi connectivity index (χ4v) is 3.51. The van der Waals surface area contributed by atoms with Gasteiger partial charge in [0.15, 0.2) is 11.6 Å². The Kier molecular flexibility index (Phi) is 3.28. The van der Waals surface area contributed by atoms with E-state index in [0.29, 0.717) is 0 Å². The van der Waals surface area contributed by atoms with Gasteiger partial charge in [-0.1, -0.05) is 0 Å². The summed E-state index contributed by atoms with van der Waals surface area (Å²) in [4.78, 5) is 10.8. The van der Waals surface area contributed by atoms with Crippen LogP contribution in [-0.4, -0.2) is 37.5 Å². The number of nitrogens with zero attached hydrogens (tertiary/aromatic N) is 1. The predicted octanol–water partition coefficient (Wildman–Crippen LogP) is 0.434. The smallest absolute Gasteiger partial charge is 0.245 e. The van der Waals surface area contributed by atoms with Gasteiger partial charge in [0.1, 0.15) is 10.6 Å². The molecular formula is C11H15FN2O4S. The van der Waals surface area contributed by atoms with Crippen LogP contribution in [0.4, 0.5) is 4.39 Å². The molecule has 2 rings (SSSR count). The Labute approximate surface area is 110 Å². The number of nitrogens with one attached hydrogen (secondary N) is 1. The Bertz CT molecular complexity index is 631. The van der Waals surface area contributed by atoms with Gasteiger partial charge in [-0.15, -0.1) is 0 Å². The first-order valence-electron chi connectivity index (χ1n) is 5.64. The van der Waals surface area contributed by atoms with Crippen molar-refractivity contribution < 1.29 is 22.3 Å². The maximum atomic E-state index is 14.0. The molecule has 0 aromatic carbocycles. The molecule has 1 N–H and O–H groups in total. The first kappa shape index (κ1) is 14.2. The molecule has 1 fully saturated rings. The zero-order valence-corrected chi connectivity index (χ0v) is 11.7. The van der Waals surface area contributed by atoms with E-state index in [9.17, 15) is 17.6 Å². The summed E-state index contributed by atoms with van der Waals surface area (Å²) in [7, 11) is -2.60. The second-order valence-electron chi connectivity index (χ2n) is 4.98. The van der Waals surface area contributed by atoms with E-state index in [0.717, 1.165) is 6.20 Å². The third-order valence-electron chi connectivity index (χ3n) is 2.93. The lowest BCUT2D eigenvalue weighted by Crippen LogP contribution is -2.59. The molecule has 0 bridgehead atoms. The van der Waals surface area contributed by atoms with Crippen molar-refractivity contribution >= 4 is 15.8 Å². The SMILES string of the molecule is CC(=O)c1c(F)c(S(=O)(=O)NC2(C)COC2)cn1C. The van der Waals surface area contributed by atoms with E-state index in [1.165, 1.54) is 18.5 Å². The van der Waals surface area contributed by atoms with Crippen molar-refractivity contribution in [3.63, 3.8) is 0 Å². The molecule has 106 valence electrons. The number of sulfonamides is 1. The van der Waals surface area contributed by atoms with Gasteiger partial charge in [0.25, 0.3) is 0 Å². The quantitative estimate of drug-likeness (QED) is 0.816. The highest BCUT2D eigenvalue weighted by Crippen LogP contribution is 2.24. The molecular weight excluding hydrogens is 275 g/mol. The van der Waals surface area contributed by atoms with Crippen LogP contribution in [-0.2, 0) is 21.8 Å². The standard InChI is InChI=1S/C11H15FN2O4S/c1-7(15)10-9(12)8(4-14(10)3)19(16,17)13-11(2)5-18-6-11/h4,13H,5-6H2,1-3H3. The van der Waals surface area contributed by atoms with Crippen LogP contribution in [0.15, 0.2) is 11.1 Å². The zero-order chi connectivity index (χ0) is 14.4. The van der Waals surface area contributed by atoms with Crippen molar-refractivity contribution in [1.82, 2.24) is 9.29 Å². The molecule has 0 spiro atoms. The van der Waals surface area contributed by atoms with Gasteiger partial charge in [-0.2, -0.15) is 0 Å². The average molecular weight is 290 g/mol. The van der Waals surface area contributed by atoms with Gasteiger partial charge in [0.2, 0.25) is 10.0 Å². The second kappa shape index (κ2) is 4.39. The first-order chi connectivity index (χ1) is 8.66. The summed E-state index contributed by atoms with van der Waals surface area (Å²) in [5.74, 6) is -1.55. The number of ether oxygens (including phenoxy) is 1. The molecule has 1 aromatic heterocycles. The maximum absolute atomic E-state index is 14.0. The highest BCUT2D eigenvalue weighted by molar-refractivity contribution is 7.89. The number of hydrogen-bond acceptors (Lipinski definition) is 4. The predicted molar refractivity (Wildman–Crippen MR) is 64.9 cm³/mol. The molecule has 19 heavy (non-hydrogen) atoms. The zero-order valence-electron chi connectivity index (χ0n) is 10.9. The van der Waals surface area contributed by atoms with E-state index in [1.54, 1.807) is 6.92 Å². The Morgan fingerprint density at radius 3 is 2.47 bits per heavy atom. The van der Waals surface area contributed by atoms with Crippen molar-refractivity contribution in [2.24, 2.45) is 7.05 Å². The van der Waals surface area contributed by atoms with E-state index in [1.807, 2.05) is 0 Å². The van der Waals surface area contributed by atoms with E-state index in [2.05, 4.69) is 4.72 Å². The monoisotopic (exact) mass is 290 g/mol. The van der Waals surface area contributed by atoms with E-state index < -0.39 is 32.1 Å². The fraction of sp³-hybridized carbons (Fsp3) is 0.545. The van der Waals surface area contributed by atoms with Gasteiger partial charge in [0.05, 0.1) is 18.8 Å². The molecule has 2 heterocycles. The van der Waals surface area contributed by atoms with Crippen LogP contribution < -0.4 is 4.72 Å². The molecule has 1 saturated heterocycles. The van der Waals surface area contributed by atoms with Gasteiger partial charge in [-0.3, -0.25) is 4.79 Å². The molecule has 1 aliphatic heterocycles. The van der Waals surface area contributed by atoms with Crippen LogP contribution in [0.25, 0.3) is 0 Å². The van der Waals surface area contributed by atoms with Gasteiger partial charge in [-0.05, 0) is 6.92 Å². The third-order valence-corrected chi connectivity index (χ3v) is 4.56. The highest BCUT2D eigenvalue weighted by atomic mass is 32.2. The lowest BCUT2D eigenvalue weighted by Gasteiger charge is -2.38. The Hall–Kier alpha value is -1.25. The minimum Gasteiger partial charge on any atom is -0.377 e. The summed E-state index contributed by atoms with van der Waals surface area (Å²) in [6.45, 7) is 3.32. The van der Waals surface area contributed by atoms with Crippen molar-refractivity contribution in [1.29, 1.82) is 0 Å². The topological polar surface area (TPSA) is 77.4 Å². The highest BCUT2D eigenvalue weighted by Gasteiger charge is 2.39. The minimum absolute atomic E-state index is 0.236. The molecule has 0 atom stereocenters. The molecule has 0 unspecified atom stereocenters. The van der Waals surface area contributed by atoms with Crippen LogP contribution in [0.3, 0.4) is 0 Å². The summed E-state index contributed by atoms with van der Waals surface area (Å²) < 4.78 is 46.8. The van der Waals surface area contributed by atoms with Crippen LogP contribution in [0.2, 0.25) is 0 Å². The largest absolute Gasteiger partial charge is 0.377 e. The number of carbonyl (C=O) groups is 1. The van der Waals surface area contributed by atoms with Crippen molar-refractivity contribution in [3.05, 3.63) is 17.7 Å². The number of rotatable bonds is 4. The lowest BCUT2D eigenvalue weighted by molar-refractivity contribution is -0.0523. The summed E-state index contributed by atoms with van der Waals surface area (Å²) in [5, 5.41) is 0. The maximum Gasteiger partial charge on any atom is 0.245 e. The van der Waals surface area contributed by atoms with Crippen molar-refractivity contribution in [3.8, 4) is 0 Å². The molecule has 6 nitrogen and oxygen atoms in total. The average Bonchev–Trinajstić information content (AvgIpc) is 2.52. The second-order valence-corrected chi connectivity index (χ2v) is 6.63. The Morgan fingerprint density at radius 1 is 1.53 bits per heavy atom. The lowest BCUT2D eigenvalue weighted by atomic mass is 10.0. The summed E-state index contributed by atoms with van der Waals surface area (Å²) in [5.41, 5.74) is -0.979. The van der Waals surface area contributed by atoms with Gasteiger partial charge < -0.3 is 9.30 Å². The van der Waals surface area contributed by atoms with Gasteiger partial charge >= 0.3 is 0 Å². The molecule has 0 amide bonds. The summed E-state index contributed by atoms with van der Waals surface area (Å²) in [6, 6.07) is 0. The van der Waals surface area contributed by atoms with Crippen LogP contribution >= 0.6 is 0 Å². The number of halogens is 1. The van der Waals surface area contributed by atoms with Crippen molar-refractivity contribution in [2.45, 2.75) is 24.3 Å². The van der Waals surface area contributed by atoms with Gasteiger partial charge in [-0.25, -0.2) is 17.5 Å². The van der Waals surface area contributed by atoms with Crippen LogP contribution in [0.5, 0.6) is 0 Å². The van der Waals surface area contributed by atoms with Crippen molar-refractivity contribution in [2.75, 3.05) is 13.2 Å². The minimum atomic E-state index is -4.02. The molecule has 0 radical (unpaired) electrons. The fourth-order valence-electron chi connectivity index (χ4n) is 2.01. The summed E-state index contributed by atoms with van der Waals surface area (Å²) >= 11 is 0. The Balaban J connectivity index is 2.41. The van der Waals surface area contributed by atoms with Crippen LogP contribution in [0.1, 0.15) is 24.3 Å². The number of carbonyl (C=O) groups excluding carboxylic acids is 1. The summed E-state index contributed by atoms with van der Waals surface area (Å²) in [6.07, 6.45) is 1.09. The number of Topliss-reactive ketones (excluding diaryl/α,β-unsaturated/α-hetero) is 1.